The molecule has 1 aromatic heterocycles. The molecule has 2 bridgehead atoms. The van der Waals surface area contributed by atoms with E-state index in [1.54, 1.807) is 0 Å². The maximum absolute atomic E-state index is 12.7. The summed E-state index contributed by atoms with van der Waals surface area (Å²) in [6.07, 6.45) is 3.78. The molecule has 3 rings (SSSR count). The molecule has 0 radical (unpaired) electrons. The smallest absolute Gasteiger partial charge is 0.410 e. The predicted octanol–water partition coefficient (Wildman–Crippen LogP) is 3.18. The van der Waals surface area contributed by atoms with Crippen LogP contribution in [0.15, 0.2) is 0 Å². The minimum atomic E-state index is -0.920. The summed E-state index contributed by atoms with van der Waals surface area (Å²) >= 11 is 0. The van der Waals surface area contributed by atoms with Crippen LogP contribution in [0.4, 0.5) is 4.79 Å². The zero-order valence-electron chi connectivity index (χ0n) is 16.3. The first-order valence-electron chi connectivity index (χ1n) is 9.26. The molecule has 3 heterocycles. The number of aliphatic hydroxyl groups is 1. The minimum absolute atomic E-state index is 0.0198. The van der Waals surface area contributed by atoms with Gasteiger partial charge >= 0.3 is 6.09 Å². The van der Waals surface area contributed by atoms with Gasteiger partial charge in [-0.25, -0.2) is 4.79 Å². The van der Waals surface area contributed by atoms with Gasteiger partial charge in [-0.05, 0) is 53.9 Å². The van der Waals surface area contributed by atoms with Crippen molar-refractivity contribution in [3.05, 3.63) is 17.0 Å². The molecular weight excluding hydrogens is 318 g/mol. The third kappa shape index (κ3) is 3.28. The van der Waals surface area contributed by atoms with E-state index in [1.807, 2.05) is 51.2 Å². The van der Waals surface area contributed by atoms with Gasteiger partial charge in [-0.1, -0.05) is 0 Å². The number of nitrogens with zero attached hydrogens (tertiary/aromatic N) is 3. The van der Waals surface area contributed by atoms with E-state index in [4.69, 9.17) is 4.74 Å². The van der Waals surface area contributed by atoms with E-state index in [9.17, 15) is 9.90 Å². The second kappa shape index (κ2) is 6.01. The van der Waals surface area contributed by atoms with Gasteiger partial charge in [-0.15, -0.1) is 0 Å². The number of rotatable bonds is 1. The highest BCUT2D eigenvalue weighted by atomic mass is 16.6. The minimum Gasteiger partial charge on any atom is -0.444 e. The SMILES string of the molecule is Cc1nn(C)c(C)c1C1(O)CC2CCCC(C1)N2C(=O)OC(C)(C)C. The maximum Gasteiger partial charge on any atom is 0.410 e. The van der Waals surface area contributed by atoms with Crippen LogP contribution in [0.25, 0.3) is 0 Å². The van der Waals surface area contributed by atoms with E-state index in [1.165, 1.54) is 0 Å². The van der Waals surface area contributed by atoms with Crippen molar-refractivity contribution in [3.63, 3.8) is 0 Å². The Morgan fingerprint density at radius 2 is 1.80 bits per heavy atom. The van der Waals surface area contributed by atoms with Gasteiger partial charge in [-0.3, -0.25) is 4.68 Å². The lowest BCUT2D eigenvalue weighted by atomic mass is 9.72. The van der Waals surface area contributed by atoms with Gasteiger partial charge in [0.05, 0.1) is 11.3 Å². The molecule has 1 aromatic rings. The van der Waals surface area contributed by atoms with Crippen molar-refractivity contribution in [1.29, 1.82) is 0 Å². The first-order chi connectivity index (χ1) is 11.5. The van der Waals surface area contributed by atoms with Gasteiger partial charge in [0.1, 0.15) is 5.60 Å². The Bertz CT molecular complexity index is 660. The van der Waals surface area contributed by atoms with Crippen LogP contribution in [0.1, 0.15) is 69.8 Å². The lowest BCUT2D eigenvalue weighted by Gasteiger charge is -2.51. The first kappa shape index (κ1) is 18.2. The topological polar surface area (TPSA) is 67.6 Å². The highest BCUT2D eigenvalue weighted by Crippen LogP contribution is 2.46. The first-order valence-corrected chi connectivity index (χ1v) is 9.26. The maximum atomic E-state index is 12.7. The summed E-state index contributed by atoms with van der Waals surface area (Å²) < 4.78 is 7.46. The van der Waals surface area contributed by atoms with Crippen LogP contribution in [-0.2, 0) is 17.4 Å². The average molecular weight is 349 g/mol. The zero-order chi connectivity index (χ0) is 18.6. The van der Waals surface area contributed by atoms with Gasteiger partial charge in [0.15, 0.2) is 0 Å². The lowest BCUT2D eigenvalue weighted by molar-refractivity contribution is -0.0970. The molecule has 6 heteroatoms. The molecule has 2 aliphatic heterocycles. The quantitative estimate of drug-likeness (QED) is 0.845. The molecule has 140 valence electrons. The monoisotopic (exact) mass is 349 g/mol. The number of carbonyl (C=O) groups is 1. The third-order valence-electron chi connectivity index (χ3n) is 5.59. The van der Waals surface area contributed by atoms with E-state index in [0.717, 1.165) is 36.2 Å². The fourth-order valence-electron chi connectivity index (χ4n) is 4.69. The molecule has 0 saturated carbocycles. The molecular formula is C19H31N3O3. The summed E-state index contributed by atoms with van der Waals surface area (Å²) in [6.45, 7) is 9.63. The molecule has 25 heavy (non-hydrogen) atoms. The number of ether oxygens (including phenoxy) is 1. The largest absolute Gasteiger partial charge is 0.444 e. The van der Waals surface area contributed by atoms with Crippen molar-refractivity contribution in [2.45, 2.75) is 90.0 Å². The molecule has 1 N–H and O–H groups in total. The summed E-state index contributed by atoms with van der Waals surface area (Å²) in [4.78, 5) is 14.6. The fourth-order valence-corrected chi connectivity index (χ4v) is 4.69. The van der Waals surface area contributed by atoms with Crippen molar-refractivity contribution >= 4 is 6.09 Å². The van der Waals surface area contributed by atoms with Crippen molar-refractivity contribution in [2.24, 2.45) is 7.05 Å². The van der Waals surface area contributed by atoms with Crippen LogP contribution >= 0.6 is 0 Å². The Morgan fingerprint density at radius 3 is 2.24 bits per heavy atom. The van der Waals surface area contributed by atoms with E-state index >= 15 is 0 Å². The molecule has 0 spiro atoms. The Balaban J connectivity index is 1.89. The molecule has 0 aromatic carbocycles. The molecule has 2 unspecified atom stereocenters. The number of hydrogen-bond donors (Lipinski definition) is 1. The van der Waals surface area contributed by atoms with Crippen LogP contribution < -0.4 is 0 Å². The standard InChI is InChI=1S/C19H31N3O3/c1-12-16(13(2)21(6)20-12)19(24)10-14-8-7-9-15(11-19)22(14)17(23)25-18(3,4)5/h14-15,24H,7-11H2,1-6H3. The summed E-state index contributed by atoms with van der Waals surface area (Å²) in [5.41, 5.74) is 1.40. The van der Waals surface area contributed by atoms with Gasteiger partial charge in [0.25, 0.3) is 0 Å². The highest BCUT2D eigenvalue weighted by molar-refractivity contribution is 5.69. The summed E-state index contributed by atoms with van der Waals surface area (Å²) in [5, 5.41) is 16.0. The summed E-state index contributed by atoms with van der Waals surface area (Å²) in [7, 11) is 1.91. The van der Waals surface area contributed by atoms with Crippen LogP contribution in [0.3, 0.4) is 0 Å². The highest BCUT2D eigenvalue weighted by Gasteiger charge is 2.50. The molecule has 2 saturated heterocycles. The predicted molar refractivity (Wildman–Crippen MR) is 95.3 cm³/mol. The normalized spacial score (nSPS) is 29.6. The van der Waals surface area contributed by atoms with Gasteiger partial charge in [0, 0.05) is 43.2 Å². The zero-order valence-corrected chi connectivity index (χ0v) is 16.3. The van der Waals surface area contributed by atoms with Crippen molar-refractivity contribution in [3.8, 4) is 0 Å². The number of fused-ring (bicyclic) bond motifs is 2. The Morgan fingerprint density at radius 1 is 1.24 bits per heavy atom. The summed E-state index contributed by atoms with van der Waals surface area (Å²) in [6, 6.07) is 0.0395. The average Bonchev–Trinajstić information content (AvgIpc) is 2.69. The van der Waals surface area contributed by atoms with Gasteiger partial charge in [0.2, 0.25) is 0 Å². The van der Waals surface area contributed by atoms with E-state index in [0.29, 0.717) is 12.8 Å². The van der Waals surface area contributed by atoms with Crippen molar-refractivity contribution in [1.82, 2.24) is 14.7 Å². The fraction of sp³-hybridized carbons (Fsp3) is 0.789. The number of aryl methyl sites for hydroxylation is 2. The molecule has 2 atom stereocenters. The van der Waals surface area contributed by atoms with Crippen LogP contribution in [0.5, 0.6) is 0 Å². The van der Waals surface area contributed by atoms with E-state index < -0.39 is 11.2 Å². The Labute approximate surface area is 150 Å². The summed E-state index contributed by atoms with van der Waals surface area (Å²) in [5.74, 6) is 0. The molecule has 2 fully saturated rings. The molecule has 1 amide bonds. The number of aromatic nitrogens is 2. The van der Waals surface area contributed by atoms with E-state index in [-0.39, 0.29) is 18.2 Å². The van der Waals surface area contributed by atoms with Crippen molar-refractivity contribution in [2.75, 3.05) is 0 Å². The number of carbonyl (C=O) groups excluding carboxylic acids is 1. The van der Waals surface area contributed by atoms with Crippen LogP contribution in [0.2, 0.25) is 0 Å². The number of hydrogen-bond acceptors (Lipinski definition) is 4. The number of piperidine rings is 2. The second-order valence-electron chi connectivity index (χ2n) is 8.74. The van der Waals surface area contributed by atoms with Gasteiger partial charge < -0.3 is 14.7 Å². The molecule has 0 aliphatic carbocycles. The van der Waals surface area contributed by atoms with Crippen molar-refractivity contribution < 1.29 is 14.6 Å². The lowest BCUT2D eigenvalue weighted by Crippen LogP contribution is -2.59. The van der Waals surface area contributed by atoms with Gasteiger partial charge in [-0.2, -0.15) is 5.10 Å². The Hall–Kier alpha value is -1.56. The molecule has 6 nitrogen and oxygen atoms in total. The van der Waals surface area contributed by atoms with Crippen LogP contribution in [-0.4, -0.2) is 43.6 Å². The van der Waals surface area contributed by atoms with E-state index in [2.05, 4.69) is 5.10 Å². The molecule has 2 aliphatic rings. The van der Waals surface area contributed by atoms with Crippen LogP contribution in [0, 0.1) is 13.8 Å². The third-order valence-corrected chi connectivity index (χ3v) is 5.59. The number of amides is 1. The Kier molecular flexibility index (Phi) is 4.38. The second-order valence-corrected chi connectivity index (χ2v) is 8.74.